The Morgan fingerprint density at radius 3 is 3.05 bits per heavy atom. The van der Waals surface area contributed by atoms with Crippen LogP contribution in [0.3, 0.4) is 0 Å². The van der Waals surface area contributed by atoms with E-state index in [2.05, 4.69) is 32.9 Å². The minimum absolute atomic E-state index is 0.378. The first-order chi connectivity index (χ1) is 10.6. The van der Waals surface area contributed by atoms with Gasteiger partial charge in [-0.3, -0.25) is 4.90 Å². The number of nitrogens with zero attached hydrogens (tertiary/aromatic N) is 2. The molecule has 1 unspecified atom stereocenters. The van der Waals surface area contributed by atoms with Crippen molar-refractivity contribution in [2.75, 3.05) is 26.3 Å². The molecule has 0 radical (unpaired) electrons. The summed E-state index contributed by atoms with van der Waals surface area (Å²) in [6.07, 6.45) is 3.77. The molecule has 5 nitrogen and oxygen atoms in total. The Morgan fingerprint density at radius 2 is 2.27 bits per heavy atom. The van der Waals surface area contributed by atoms with Crippen molar-refractivity contribution in [1.82, 2.24) is 4.90 Å². The summed E-state index contributed by atoms with van der Waals surface area (Å²) in [4.78, 5) is 7.57. The van der Waals surface area contributed by atoms with Crippen LogP contribution in [0.25, 0.3) is 0 Å². The van der Waals surface area contributed by atoms with Crippen molar-refractivity contribution < 1.29 is 9.57 Å². The van der Waals surface area contributed by atoms with Gasteiger partial charge in [0.05, 0.1) is 6.54 Å². The Bertz CT molecular complexity index is 496. The predicted octanol–water partition coefficient (Wildman–Crippen LogP) is 2.99. The number of oxime groups is 1. The highest BCUT2D eigenvalue weighted by atomic mass is 79.9. The van der Waals surface area contributed by atoms with Gasteiger partial charge in [0.15, 0.2) is 12.4 Å². The molecule has 1 heterocycles. The summed E-state index contributed by atoms with van der Waals surface area (Å²) in [7, 11) is 0. The number of amidine groups is 1. The lowest BCUT2D eigenvalue weighted by Crippen LogP contribution is -2.42. The van der Waals surface area contributed by atoms with Gasteiger partial charge in [-0.15, -0.1) is 0 Å². The van der Waals surface area contributed by atoms with Gasteiger partial charge in [0.25, 0.3) is 0 Å². The van der Waals surface area contributed by atoms with E-state index < -0.39 is 0 Å². The zero-order valence-electron chi connectivity index (χ0n) is 13.0. The van der Waals surface area contributed by atoms with E-state index in [0.29, 0.717) is 31.6 Å². The molecule has 0 spiro atoms. The van der Waals surface area contributed by atoms with E-state index in [0.717, 1.165) is 16.8 Å². The molecule has 0 bridgehead atoms. The molecule has 1 aliphatic rings. The second kappa shape index (κ2) is 9.00. The molecule has 1 aliphatic heterocycles. The number of benzene rings is 1. The van der Waals surface area contributed by atoms with Gasteiger partial charge in [0.1, 0.15) is 12.4 Å². The highest BCUT2D eigenvalue weighted by Gasteiger charge is 2.18. The summed E-state index contributed by atoms with van der Waals surface area (Å²) in [5.74, 6) is 1.33. The van der Waals surface area contributed by atoms with Crippen molar-refractivity contribution >= 4 is 21.8 Å². The van der Waals surface area contributed by atoms with Crippen LogP contribution in [0.1, 0.15) is 26.2 Å². The zero-order chi connectivity index (χ0) is 15.8. The molecule has 1 aromatic rings. The van der Waals surface area contributed by atoms with Crippen molar-refractivity contribution in [3.8, 4) is 5.75 Å². The van der Waals surface area contributed by atoms with Gasteiger partial charge >= 0.3 is 0 Å². The molecule has 0 saturated carbocycles. The quantitative estimate of drug-likeness (QED) is 0.347. The first kappa shape index (κ1) is 17.1. The fourth-order valence-electron chi connectivity index (χ4n) is 2.51. The number of ether oxygens (including phenoxy) is 1. The summed E-state index contributed by atoms with van der Waals surface area (Å²) in [6.45, 7) is 4.81. The van der Waals surface area contributed by atoms with Crippen molar-refractivity contribution in [2.45, 2.75) is 32.2 Å². The van der Waals surface area contributed by atoms with E-state index in [1.54, 1.807) is 0 Å². The minimum atomic E-state index is 0.378. The maximum atomic E-state index is 5.92. The number of likely N-dealkylation sites (tertiary alicyclic amines) is 1. The van der Waals surface area contributed by atoms with Crippen LogP contribution in [0.2, 0.25) is 0 Å². The molecule has 1 saturated heterocycles. The number of piperidine rings is 1. The van der Waals surface area contributed by atoms with Gasteiger partial charge in [0, 0.05) is 10.5 Å². The topological polar surface area (TPSA) is 60.1 Å². The third kappa shape index (κ3) is 5.85. The Morgan fingerprint density at radius 1 is 1.41 bits per heavy atom. The molecule has 0 aromatic heterocycles. The fraction of sp³-hybridized carbons (Fsp3) is 0.562. The van der Waals surface area contributed by atoms with Gasteiger partial charge in [-0.05, 0) is 44.5 Å². The first-order valence-electron chi connectivity index (χ1n) is 7.72. The second-order valence-electron chi connectivity index (χ2n) is 5.54. The van der Waals surface area contributed by atoms with E-state index in [-0.39, 0.29) is 0 Å². The molecule has 0 amide bonds. The number of hydrogen-bond acceptors (Lipinski definition) is 4. The molecule has 6 heteroatoms. The van der Waals surface area contributed by atoms with Gasteiger partial charge in [-0.2, -0.15) is 0 Å². The highest BCUT2D eigenvalue weighted by molar-refractivity contribution is 9.10. The van der Waals surface area contributed by atoms with E-state index >= 15 is 0 Å². The third-order valence-corrected chi connectivity index (χ3v) is 4.22. The lowest BCUT2D eigenvalue weighted by Gasteiger charge is -2.32. The smallest absolute Gasteiger partial charge is 0.153 e. The largest absolute Gasteiger partial charge is 0.490 e. The molecular weight excluding hydrogens is 346 g/mol. The number of halogens is 1. The zero-order valence-corrected chi connectivity index (χ0v) is 14.6. The predicted molar refractivity (Wildman–Crippen MR) is 92.1 cm³/mol. The standard InChI is InChI=1S/C16H24BrN3O2/c1-13-5-2-3-8-20(13)12-16(18)19-22-10-9-21-15-7-4-6-14(17)11-15/h4,6-7,11,13H,2-3,5,8-10,12H2,1H3,(H2,18,19). The summed E-state index contributed by atoms with van der Waals surface area (Å²) in [6, 6.07) is 8.27. The van der Waals surface area contributed by atoms with Crippen LogP contribution in [0, 0.1) is 0 Å². The van der Waals surface area contributed by atoms with E-state index in [9.17, 15) is 0 Å². The normalized spacial score (nSPS) is 19.9. The van der Waals surface area contributed by atoms with Crippen molar-refractivity contribution in [3.05, 3.63) is 28.7 Å². The Labute approximate surface area is 140 Å². The van der Waals surface area contributed by atoms with Crippen LogP contribution in [0.15, 0.2) is 33.9 Å². The number of rotatable bonds is 7. The van der Waals surface area contributed by atoms with Gasteiger partial charge in [-0.1, -0.05) is 33.6 Å². The van der Waals surface area contributed by atoms with Gasteiger partial charge in [0.2, 0.25) is 0 Å². The summed E-state index contributed by atoms with van der Waals surface area (Å²) in [5.41, 5.74) is 5.92. The van der Waals surface area contributed by atoms with Crippen LogP contribution in [-0.4, -0.2) is 43.1 Å². The minimum Gasteiger partial charge on any atom is -0.490 e. The van der Waals surface area contributed by atoms with Crippen LogP contribution in [0.4, 0.5) is 0 Å². The molecule has 0 aliphatic carbocycles. The summed E-state index contributed by atoms with van der Waals surface area (Å²) < 4.78 is 6.55. The third-order valence-electron chi connectivity index (χ3n) is 3.73. The molecule has 1 aromatic carbocycles. The average molecular weight is 370 g/mol. The Balaban J connectivity index is 1.64. The first-order valence-corrected chi connectivity index (χ1v) is 8.51. The maximum absolute atomic E-state index is 5.92. The maximum Gasteiger partial charge on any atom is 0.153 e. The highest BCUT2D eigenvalue weighted by Crippen LogP contribution is 2.17. The molecule has 22 heavy (non-hydrogen) atoms. The molecule has 122 valence electrons. The van der Waals surface area contributed by atoms with Crippen LogP contribution < -0.4 is 10.5 Å². The Kier molecular flexibility index (Phi) is 6.99. The van der Waals surface area contributed by atoms with Crippen LogP contribution in [0.5, 0.6) is 5.75 Å². The van der Waals surface area contributed by atoms with Crippen molar-refractivity contribution in [2.24, 2.45) is 10.9 Å². The molecule has 2 rings (SSSR count). The van der Waals surface area contributed by atoms with E-state index in [1.807, 2.05) is 24.3 Å². The monoisotopic (exact) mass is 369 g/mol. The van der Waals surface area contributed by atoms with Crippen LogP contribution >= 0.6 is 15.9 Å². The molecular formula is C16H24BrN3O2. The summed E-state index contributed by atoms with van der Waals surface area (Å²) in [5, 5.41) is 3.96. The average Bonchev–Trinajstić information content (AvgIpc) is 2.49. The second-order valence-corrected chi connectivity index (χ2v) is 6.45. The molecule has 2 N–H and O–H groups in total. The summed E-state index contributed by atoms with van der Waals surface area (Å²) >= 11 is 3.40. The number of hydrogen-bond donors (Lipinski definition) is 1. The van der Waals surface area contributed by atoms with Crippen molar-refractivity contribution in [1.29, 1.82) is 0 Å². The van der Waals surface area contributed by atoms with E-state index in [1.165, 1.54) is 19.3 Å². The van der Waals surface area contributed by atoms with Crippen molar-refractivity contribution in [3.63, 3.8) is 0 Å². The van der Waals surface area contributed by atoms with Gasteiger partial charge in [-0.25, -0.2) is 0 Å². The SMILES string of the molecule is CC1CCCCN1CC(N)=NOCCOc1cccc(Br)c1. The fourth-order valence-corrected chi connectivity index (χ4v) is 2.89. The van der Waals surface area contributed by atoms with Crippen LogP contribution in [-0.2, 0) is 4.84 Å². The lowest BCUT2D eigenvalue weighted by atomic mass is 10.0. The molecule has 1 atom stereocenters. The molecule has 1 fully saturated rings. The number of nitrogens with two attached hydrogens (primary N) is 1. The van der Waals surface area contributed by atoms with Gasteiger partial charge < -0.3 is 15.3 Å². The Hall–Kier alpha value is -1.27. The lowest BCUT2D eigenvalue weighted by molar-refractivity contribution is 0.104. The van der Waals surface area contributed by atoms with E-state index in [4.69, 9.17) is 15.3 Å².